The van der Waals surface area contributed by atoms with Crippen molar-refractivity contribution < 1.29 is 4.79 Å². The Morgan fingerprint density at radius 2 is 1.95 bits per heavy atom. The molecule has 0 saturated heterocycles. The fourth-order valence-corrected chi connectivity index (χ4v) is 2.13. The standard InChI is InChI=1S/C15H13Cl2N3O/c16-12-5-1-9(7-13(12)17)15(21)20-11-4-6-14(18-8-11)19-10-2-3-10/h1,4-8,10H,2-3H2,(H,18,19)(H,20,21). The van der Waals surface area contributed by atoms with Gasteiger partial charge in [-0.1, -0.05) is 23.2 Å². The molecule has 21 heavy (non-hydrogen) atoms. The van der Waals surface area contributed by atoms with Gasteiger partial charge in [-0.25, -0.2) is 4.98 Å². The fraction of sp³-hybridized carbons (Fsp3) is 0.200. The van der Waals surface area contributed by atoms with Crippen LogP contribution in [0.1, 0.15) is 23.2 Å². The van der Waals surface area contributed by atoms with E-state index in [0.29, 0.717) is 27.3 Å². The van der Waals surface area contributed by atoms with Crippen molar-refractivity contribution >= 4 is 40.6 Å². The fourth-order valence-electron chi connectivity index (χ4n) is 1.83. The maximum Gasteiger partial charge on any atom is 0.255 e. The van der Waals surface area contributed by atoms with Gasteiger partial charge in [0, 0.05) is 11.6 Å². The predicted molar refractivity (Wildman–Crippen MR) is 85.3 cm³/mol. The van der Waals surface area contributed by atoms with Gasteiger partial charge in [-0.3, -0.25) is 4.79 Å². The molecule has 2 N–H and O–H groups in total. The van der Waals surface area contributed by atoms with Crippen molar-refractivity contribution in [3.8, 4) is 0 Å². The Bertz CT molecular complexity index is 669. The number of halogens is 2. The number of anilines is 2. The smallest absolute Gasteiger partial charge is 0.255 e. The van der Waals surface area contributed by atoms with E-state index in [-0.39, 0.29) is 5.91 Å². The lowest BCUT2D eigenvalue weighted by atomic mass is 10.2. The van der Waals surface area contributed by atoms with Crippen molar-refractivity contribution in [1.29, 1.82) is 0 Å². The average molecular weight is 322 g/mol. The molecule has 1 amide bonds. The lowest BCUT2D eigenvalue weighted by Gasteiger charge is -2.07. The molecular formula is C15H13Cl2N3O. The lowest BCUT2D eigenvalue weighted by molar-refractivity contribution is 0.102. The number of amides is 1. The first-order chi connectivity index (χ1) is 10.1. The van der Waals surface area contributed by atoms with Gasteiger partial charge in [0.2, 0.25) is 0 Å². The number of pyridine rings is 1. The van der Waals surface area contributed by atoms with E-state index in [1.54, 1.807) is 18.3 Å². The number of rotatable bonds is 4. The highest BCUT2D eigenvalue weighted by Crippen LogP contribution is 2.25. The molecule has 2 aromatic rings. The van der Waals surface area contributed by atoms with Crippen molar-refractivity contribution in [2.75, 3.05) is 10.6 Å². The van der Waals surface area contributed by atoms with Crippen LogP contribution in [0.3, 0.4) is 0 Å². The first kappa shape index (κ1) is 14.2. The van der Waals surface area contributed by atoms with Gasteiger partial charge >= 0.3 is 0 Å². The normalized spacial score (nSPS) is 13.8. The Labute approximate surface area is 132 Å². The number of carbonyl (C=O) groups excluding carboxylic acids is 1. The Hall–Kier alpha value is -1.78. The van der Waals surface area contributed by atoms with Crippen LogP contribution in [0.25, 0.3) is 0 Å². The summed E-state index contributed by atoms with van der Waals surface area (Å²) >= 11 is 11.7. The first-order valence-corrected chi connectivity index (χ1v) is 7.36. The van der Waals surface area contributed by atoms with E-state index in [0.717, 1.165) is 5.82 Å². The largest absolute Gasteiger partial charge is 0.367 e. The molecule has 3 rings (SSSR count). The van der Waals surface area contributed by atoms with Crippen molar-refractivity contribution in [2.24, 2.45) is 0 Å². The van der Waals surface area contributed by atoms with E-state index < -0.39 is 0 Å². The van der Waals surface area contributed by atoms with Gasteiger partial charge in [0.15, 0.2) is 0 Å². The molecule has 1 heterocycles. The van der Waals surface area contributed by atoms with E-state index in [1.165, 1.54) is 18.9 Å². The molecule has 1 aromatic heterocycles. The second-order valence-electron chi connectivity index (χ2n) is 4.93. The van der Waals surface area contributed by atoms with Crippen LogP contribution >= 0.6 is 23.2 Å². The van der Waals surface area contributed by atoms with Gasteiger partial charge in [0.1, 0.15) is 5.82 Å². The van der Waals surface area contributed by atoms with Crippen molar-refractivity contribution in [3.05, 3.63) is 52.1 Å². The van der Waals surface area contributed by atoms with Crippen molar-refractivity contribution in [3.63, 3.8) is 0 Å². The Kier molecular flexibility index (Phi) is 3.99. The van der Waals surface area contributed by atoms with Gasteiger partial charge in [-0.15, -0.1) is 0 Å². The third-order valence-electron chi connectivity index (χ3n) is 3.13. The SMILES string of the molecule is O=C(Nc1ccc(NC2CC2)nc1)c1ccc(Cl)c(Cl)c1. The molecule has 1 aliphatic carbocycles. The second kappa shape index (κ2) is 5.92. The maximum absolute atomic E-state index is 12.1. The summed E-state index contributed by atoms with van der Waals surface area (Å²) in [5, 5.41) is 6.83. The van der Waals surface area contributed by atoms with E-state index in [9.17, 15) is 4.79 Å². The summed E-state index contributed by atoms with van der Waals surface area (Å²) in [4.78, 5) is 16.4. The zero-order valence-corrected chi connectivity index (χ0v) is 12.6. The molecule has 108 valence electrons. The summed E-state index contributed by atoms with van der Waals surface area (Å²) in [7, 11) is 0. The number of aromatic nitrogens is 1. The molecular weight excluding hydrogens is 309 g/mol. The number of hydrogen-bond donors (Lipinski definition) is 2. The first-order valence-electron chi connectivity index (χ1n) is 6.61. The zero-order chi connectivity index (χ0) is 14.8. The minimum atomic E-state index is -0.252. The molecule has 1 saturated carbocycles. The third kappa shape index (κ3) is 3.65. The predicted octanol–water partition coefficient (Wildman–Crippen LogP) is 4.22. The number of hydrogen-bond acceptors (Lipinski definition) is 3. The van der Waals surface area contributed by atoms with Crippen LogP contribution in [0.5, 0.6) is 0 Å². The summed E-state index contributed by atoms with van der Waals surface area (Å²) in [6, 6.07) is 8.97. The quantitative estimate of drug-likeness (QED) is 0.886. The Morgan fingerprint density at radius 3 is 2.57 bits per heavy atom. The molecule has 1 fully saturated rings. The van der Waals surface area contributed by atoms with Crippen LogP contribution in [0.4, 0.5) is 11.5 Å². The molecule has 0 unspecified atom stereocenters. The van der Waals surface area contributed by atoms with Crippen LogP contribution in [-0.2, 0) is 0 Å². The lowest BCUT2D eigenvalue weighted by Crippen LogP contribution is -2.12. The van der Waals surface area contributed by atoms with E-state index >= 15 is 0 Å². The molecule has 6 heteroatoms. The number of benzene rings is 1. The number of carbonyl (C=O) groups is 1. The van der Waals surface area contributed by atoms with E-state index in [1.807, 2.05) is 12.1 Å². The van der Waals surface area contributed by atoms with Crippen LogP contribution in [0.15, 0.2) is 36.5 Å². The van der Waals surface area contributed by atoms with Gasteiger partial charge in [-0.2, -0.15) is 0 Å². The highest BCUT2D eigenvalue weighted by molar-refractivity contribution is 6.42. The van der Waals surface area contributed by atoms with Crippen LogP contribution in [0, 0.1) is 0 Å². The Morgan fingerprint density at radius 1 is 1.14 bits per heavy atom. The Balaban J connectivity index is 1.67. The van der Waals surface area contributed by atoms with Crippen LogP contribution in [-0.4, -0.2) is 16.9 Å². The van der Waals surface area contributed by atoms with Crippen molar-refractivity contribution in [1.82, 2.24) is 4.98 Å². The third-order valence-corrected chi connectivity index (χ3v) is 3.87. The minimum Gasteiger partial charge on any atom is -0.367 e. The van der Waals surface area contributed by atoms with E-state index in [4.69, 9.17) is 23.2 Å². The van der Waals surface area contributed by atoms with Gasteiger partial charge in [0.25, 0.3) is 5.91 Å². The minimum absolute atomic E-state index is 0.252. The van der Waals surface area contributed by atoms with Gasteiger partial charge in [0.05, 0.1) is 21.9 Å². The van der Waals surface area contributed by atoms with Gasteiger partial charge < -0.3 is 10.6 Å². The van der Waals surface area contributed by atoms with E-state index in [2.05, 4.69) is 15.6 Å². The summed E-state index contributed by atoms with van der Waals surface area (Å²) in [5.74, 6) is 0.573. The van der Waals surface area contributed by atoms with Gasteiger partial charge in [-0.05, 0) is 43.2 Å². The molecule has 1 aliphatic rings. The molecule has 0 aliphatic heterocycles. The summed E-state index contributed by atoms with van der Waals surface area (Å²) in [6.45, 7) is 0. The highest BCUT2D eigenvalue weighted by atomic mass is 35.5. The molecule has 0 radical (unpaired) electrons. The molecule has 0 bridgehead atoms. The number of nitrogens with one attached hydrogen (secondary N) is 2. The summed E-state index contributed by atoms with van der Waals surface area (Å²) in [6.07, 6.45) is 4.01. The van der Waals surface area contributed by atoms with Crippen LogP contribution in [0.2, 0.25) is 10.0 Å². The topological polar surface area (TPSA) is 54.0 Å². The second-order valence-corrected chi connectivity index (χ2v) is 5.75. The molecule has 4 nitrogen and oxygen atoms in total. The van der Waals surface area contributed by atoms with Crippen molar-refractivity contribution in [2.45, 2.75) is 18.9 Å². The molecule has 0 spiro atoms. The zero-order valence-electron chi connectivity index (χ0n) is 11.1. The molecule has 1 aromatic carbocycles. The highest BCUT2D eigenvalue weighted by Gasteiger charge is 2.21. The van der Waals surface area contributed by atoms with Crippen LogP contribution < -0.4 is 10.6 Å². The number of nitrogens with zero attached hydrogens (tertiary/aromatic N) is 1. The molecule has 0 atom stereocenters. The monoisotopic (exact) mass is 321 g/mol. The summed E-state index contributed by atoms with van der Waals surface area (Å²) < 4.78 is 0. The summed E-state index contributed by atoms with van der Waals surface area (Å²) in [5.41, 5.74) is 1.08. The maximum atomic E-state index is 12.1. The average Bonchev–Trinajstić information content (AvgIpc) is 3.28.